The number of nitrogens with zero attached hydrogens (tertiary/aromatic N) is 1. The Morgan fingerprint density at radius 2 is 2.35 bits per heavy atom. The summed E-state index contributed by atoms with van der Waals surface area (Å²) in [5.74, 6) is -0.194. The van der Waals surface area contributed by atoms with Crippen molar-refractivity contribution in [3.8, 4) is 0 Å². The minimum Gasteiger partial charge on any atom is -0.344 e. The fourth-order valence-corrected chi connectivity index (χ4v) is 2.70. The fraction of sp³-hybridized carbons (Fsp3) is 0.294. The standard InChI is InChI=1S/C17H18N2O/c1-12-10-14-8-5-9-15(16(14)18-11-12)19-17(20)13-6-3-2-4-7-13/h2-4,6-7,10-11,15H,5,8-9H2,1H3,(H,19,20)/i6T. The molecule has 0 aliphatic heterocycles. The van der Waals surface area contributed by atoms with Crippen molar-refractivity contribution in [3.63, 3.8) is 0 Å². The Morgan fingerprint density at radius 1 is 1.45 bits per heavy atom. The number of carbonyl (C=O) groups excluding carboxylic acids is 1. The highest BCUT2D eigenvalue weighted by Gasteiger charge is 2.23. The predicted molar refractivity (Wildman–Crippen MR) is 78.6 cm³/mol. The lowest BCUT2D eigenvalue weighted by atomic mass is 9.91. The molecule has 1 heterocycles. The van der Waals surface area contributed by atoms with E-state index in [2.05, 4.69) is 16.4 Å². The molecule has 3 heteroatoms. The Hall–Kier alpha value is -2.16. The maximum atomic E-state index is 12.4. The maximum absolute atomic E-state index is 12.4. The van der Waals surface area contributed by atoms with E-state index in [1.807, 2.05) is 13.1 Å². The minimum absolute atomic E-state index is 0.0542. The monoisotopic (exact) mass is 268 g/mol. The molecule has 0 radical (unpaired) electrons. The van der Waals surface area contributed by atoms with E-state index in [-0.39, 0.29) is 18.0 Å². The molecule has 3 rings (SSSR count). The summed E-state index contributed by atoms with van der Waals surface area (Å²) in [6.45, 7) is 2.03. The Balaban J connectivity index is 1.84. The number of aryl methyl sites for hydroxylation is 2. The lowest BCUT2D eigenvalue weighted by Gasteiger charge is -2.25. The van der Waals surface area contributed by atoms with E-state index in [9.17, 15) is 4.79 Å². The fourth-order valence-electron chi connectivity index (χ4n) is 2.70. The zero-order chi connectivity index (χ0) is 14.8. The molecule has 1 amide bonds. The van der Waals surface area contributed by atoms with Crippen molar-refractivity contribution < 1.29 is 6.17 Å². The molecule has 0 bridgehead atoms. The van der Waals surface area contributed by atoms with Crippen molar-refractivity contribution in [2.24, 2.45) is 0 Å². The number of fused-ring (bicyclic) bond motifs is 1. The summed E-state index contributed by atoms with van der Waals surface area (Å²) < 4.78 is 7.82. The topological polar surface area (TPSA) is 42.0 Å². The molecule has 1 N–H and O–H groups in total. The van der Waals surface area contributed by atoms with Gasteiger partial charge in [-0.15, -0.1) is 0 Å². The second-order valence-corrected chi connectivity index (χ2v) is 5.25. The Bertz CT molecular complexity index is 684. The summed E-state index contributed by atoms with van der Waals surface area (Å²) in [7, 11) is 0. The molecule has 102 valence electrons. The number of rotatable bonds is 2. The Morgan fingerprint density at radius 3 is 3.20 bits per heavy atom. The molecular weight excluding hydrogens is 248 g/mol. The highest BCUT2D eigenvalue weighted by atomic mass is 16.1. The van der Waals surface area contributed by atoms with Gasteiger partial charge in [-0.25, -0.2) is 0 Å². The first-order valence-corrected chi connectivity index (χ1v) is 6.97. The van der Waals surface area contributed by atoms with E-state index < -0.39 is 0 Å². The van der Waals surface area contributed by atoms with Gasteiger partial charge in [0.05, 0.1) is 13.1 Å². The number of nitrogens with one attached hydrogen (secondary N) is 1. The van der Waals surface area contributed by atoms with E-state index in [1.165, 1.54) is 5.56 Å². The Kier molecular flexibility index (Phi) is 3.18. The highest BCUT2D eigenvalue weighted by Crippen LogP contribution is 2.28. The number of benzene rings is 1. The number of hydrogen-bond acceptors (Lipinski definition) is 2. The van der Waals surface area contributed by atoms with E-state index in [4.69, 9.17) is 1.37 Å². The molecule has 1 atom stereocenters. The van der Waals surface area contributed by atoms with Gasteiger partial charge in [0.2, 0.25) is 0 Å². The second kappa shape index (κ2) is 5.45. The van der Waals surface area contributed by atoms with Crippen molar-refractivity contribution in [3.05, 3.63) is 65.0 Å². The average Bonchev–Trinajstić information content (AvgIpc) is 2.47. The van der Waals surface area contributed by atoms with E-state index in [1.54, 1.807) is 24.3 Å². The van der Waals surface area contributed by atoms with Gasteiger partial charge >= 0.3 is 0 Å². The van der Waals surface area contributed by atoms with Crippen LogP contribution in [0.1, 0.15) is 47.4 Å². The smallest absolute Gasteiger partial charge is 0.251 e. The summed E-state index contributed by atoms with van der Waals surface area (Å²) in [5, 5.41) is 3.03. The molecule has 0 saturated heterocycles. The SMILES string of the molecule is [3H]c1ccccc1C(=O)NC1CCCc2cc(C)cnc21. The minimum atomic E-state index is -0.194. The van der Waals surface area contributed by atoms with Gasteiger partial charge in [-0.3, -0.25) is 9.78 Å². The second-order valence-electron chi connectivity index (χ2n) is 5.25. The van der Waals surface area contributed by atoms with Crippen molar-refractivity contribution in [2.45, 2.75) is 32.2 Å². The summed E-state index contributed by atoms with van der Waals surface area (Å²) in [4.78, 5) is 16.9. The normalized spacial score (nSPS) is 18.1. The van der Waals surface area contributed by atoms with Crippen molar-refractivity contribution in [1.29, 1.82) is 0 Å². The molecule has 1 aliphatic rings. The van der Waals surface area contributed by atoms with Crippen LogP contribution in [0.4, 0.5) is 0 Å². The third-order valence-corrected chi connectivity index (χ3v) is 3.67. The zero-order valence-electron chi connectivity index (χ0n) is 12.5. The van der Waals surface area contributed by atoms with Crippen LogP contribution in [-0.2, 0) is 6.42 Å². The molecule has 1 aliphatic carbocycles. The first-order chi connectivity index (χ1) is 10.1. The van der Waals surface area contributed by atoms with Gasteiger partial charge < -0.3 is 5.32 Å². The number of amides is 1. The van der Waals surface area contributed by atoms with Crippen LogP contribution in [0, 0.1) is 6.92 Å². The first-order valence-electron chi connectivity index (χ1n) is 7.47. The number of aromatic nitrogens is 1. The van der Waals surface area contributed by atoms with Crippen LogP contribution in [0.15, 0.2) is 42.6 Å². The number of pyridine rings is 1. The maximum Gasteiger partial charge on any atom is 0.251 e. The number of carbonyl (C=O) groups is 1. The van der Waals surface area contributed by atoms with Crippen LogP contribution < -0.4 is 5.32 Å². The molecule has 0 fully saturated rings. The predicted octanol–water partition coefficient (Wildman–Crippen LogP) is 3.20. The van der Waals surface area contributed by atoms with Crippen molar-refractivity contribution in [2.75, 3.05) is 0 Å². The lowest BCUT2D eigenvalue weighted by Crippen LogP contribution is -2.31. The van der Waals surface area contributed by atoms with Gasteiger partial charge in [-0.2, -0.15) is 0 Å². The van der Waals surface area contributed by atoms with Gasteiger partial charge in [-0.1, -0.05) is 24.3 Å². The summed E-state index contributed by atoms with van der Waals surface area (Å²) in [6, 6.07) is 9.21. The molecule has 1 aromatic heterocycles. The van der Waals surface area contributed by atoms with E-state index in [0.717, 1.165) is 30.5 Å². The van der Waals surface area contributed by atoms with Gasteiger partial charge in [0.1, 0.15) is 0 Å². The van der Waals surface area contributed by atoms with Crippen LogP contribution in [0.3, 0.4) is 0 Å². The average molecular weight is 268 g/mol. The van der Waals surface area contributed by atoms with E-state index in [0.29, 0.717) is 5.56 Å². The van der Waals surface area contributed by atoms with Crippen molar-refractivity contribution >= 4 is 5.91 Å². The van der Waals surface area contributed by atoms with Gasteiger partial charge in [0.25, 0.3) is 5.91 Å². The zero-order valence-corrected chi connectivity index (χ0v) is 11.5. The summed E-state index contributed by atoms with van der Waals surface area (Å²) >= 11 is 0. The molecule has 2 aromatic rings. The molecule has 1 aromatic carbocycles. The van der Waals surface area contributed by atoms with Gasteiger partial charge in [0.15, 0.2) is 0 Å². The van der Waals surface area contributed by atoms with Crippen LogP contribution in [-0.4, -0.2) is 10.9 Å². The molecule has 20 heavy (non-hydrogen) atoms. The van der Waals surface area contributed by atoms with Gasteiger partial charge in [-0.05, 0) is 49.4 Å². The first kappa shape index (κ1) is 11.6. The Labute approximate surface area is 120 Å². The molecule has 3 nitrogen and oxygen atoms in total. The third-order valence-electron chi connectivity index (χ3n) is 3.67. The van der Waals surface area contributed by atoms with E-state index >= 15 is 0 Å². The summed E-state index contributed by atoms with van der Waals surface area (Å²) in [5.41, 5.74) is 3.77. The van der Waals surface area contributed by atoms with Gasteiger partial charge in [0, 0.05) is 11.8 Å². The summed E-state index contributed by atoms with van der Waals surface area (Å²) in [6.07, 6.45) is 4.81. The molecule has 0 saturated carbocycles. The molecule has 1 unspecified atom stereocenters. The third kappa shape index (κ3) is 2.57. The molecule has 0 spiro atoms. The quantitative estimate of drug-likeness (QED) is 0.908. The number of hydrogen-bond donors (Lipinski definition) is 1. The largest absolute Gasteiger partial charge is 0.344 e. The van der Waals surface area contributed by atoms with Crippen LogP contribution >= 0.6 is 0 Å². The van der Waals surface area contributed by atoms with Crippen LogP contribution in [0.5, 0.6) is 0 Å². The highest BCUT2D eigenvalue weighted by molar-refractivity contribution is 5.94. The van der Waals surface area contributed by atoms with Crippen molar-refractivity contribution in [1.82, 2.24) is 10.3 Å². The molecular formula is C17H18N2O. The van der Waals surface area contributed by atoms with Crippen LogP contribution in [0.25, 0.3) is 0 Å². The van der Waals surface area contributed by atoms with Crippen LogP contribution in [0.2, 0.25) is 0 Å². The lowest BCUT2D eigenvalue weighted by molar-refractivity contribution is 0.0931.